The highest BCUT2D eigenvalue weighted by Gasteiger charge is 2.25. The standard InChI is InChI=1S/C11H13F4N/c12-10-3-1-9(2-4-10)5-7-16-8-6-11(13,14)15/h1-4,16H,5-8H2. The first kappa shape index (κ1) is 13.0. The Bertz CT molecular complexity index is 305. The molecule has 1 aromatic rings. The summed E-state index contributed by atoms with van der Waals surface area (Å²) in [5.41, 5.74) is 0.904. The van der Waals surface area contributed by atoms with Crippen molar-refractivity contribution in [3.8, 4) is 0 Å². The number of benzene rings is 1. The molecule has 1 rings (SSSR count). The maximum atomic E-state index is 12.5. The molecule has 5 heteroatoms. The second kappa shape index (κ2) is 5.84. The molecule has 0 fully saturated rings. The lowest BCUT2D eigenvalue weighted by Gasteiger charge is -2.07. The highest BCUT2D eigenvalue weighted by atomic mass is 19.4. The molecule has 1 aromatic carbocycles. The normalized spacial score (nSPS) is 11.8. The third-order valence-corrected chi connectivity index (χ3v) is 2.09. The van der Waals surface area contributed by atoms with Crippen LogP contribution in [-0.4, -0.2) is 19.3 Å². The molecule has 0 saturated carbocycles. The lowest BCUT2D eigenvalue weighted by molar-refractivity contribution is -0.133. The Kier molecular flexibility index (Phi) is 4.73. The fourth-order valence-corrected chi connectivity index (χ4v) is 1.24. The van der Waals surface area contributed by atoms with Crippen LogP contribution < -0.4 is 5.32 Å². The summed E-state index contributed by atoms with van der Waals surface area (Å²) in [5, 5.41) is 2.69. The molecule has 0 bridgehead atoms. The summed E-state index contributed by atoms with van der Waals surface area (Å²) < 4.78 is 47.8. The number of halogens is 4. The summed E-state index contributed by atoms with van der Waals surface area (Å²) in [7, 11) is 0. The zero-order valence-corrected chi connectivity index (χ0v) is 8.65. The van der Waals surface area contributed by atoms with E-state index < -0.39 is 12.6 Å². The van der Waals surface area contributed by atoms with Gasteiger partial charge in [0.05, 0.1) is 6.42 Å². The highest BCUT2D eigenvalue weighted by molar-refractivity contribution is 5.16. The van der Waals surface area contributed by atoms with Crippen molar-refractivity contribution in [2.24, 2.45) is 0 Å². The Balaban J connectivity index is 2.14. The van der Waals surface area contributed by atoms with E-state index >= 15 is 0 Å². The molecule has 16 heavy (non-hydrogen) atoms. The average Bonchev–Trinajstić information content (AvgIpc) is 2.19. The van der Waals surface area contributed by atoms with Crippen LogP contribution in [0.5, 0.6) is 0 Å². The van der Waals surface area contributed by atoms with Crippen molar-refractivity contribution >= 4 is 0 Å². The molecule has 0 atom stereocenters. The first-order valence-electron chi connectivity index (χ1n) is 4.99. The van der Waals surface area contributed by atoms with Crippen LogP contribution in [0.25, 0.3) is 0 Å². The van der Waals surface area contributed by atoms with Crippen LogP contribution in [0, 0.1) is 5.82 Å². The second-order valence-electron chi connectivity index (χ2n) is 3.49. The Labute approximate surface area is 91.5 Å². The molecule has 0 heterocycles. The minimum atomic E-state index is -4.11. The molecule has 0 radical (unpaired) electrons. The van der Waals surface area contributed by atoms with Crippen molar-refractivity contribution in [1.29, 1.82) is 0 Å². The number of hydrogen-bond donors (Lipinski definition) is 1. The van der Waals surface area contributed by atoms with Crippen molar-refractivity contribution in [2.75, 3.05) is 13.1 Å². The predicted octanol–water partition coefficient (Wildman–Crippen LogP) is 2.91. The smallest absolute Gasteiger partial charge is 0.316 e. The first-order valence-corrected chi connectivity index (χ1v) is 4.99. The van der Waals surface area contributed by atoms with Crippen molar-refractivity contribution in [1.82, 2.24) is 5.32 Å². The van der Waals surface area contributed by atoms with E-state index in [2.05, 4.69) is 5.32 Å². The number of rotatable bonds is 5. The van der Waals surface area contributed by atoms with E-state index in [1.54, 1.807) is 12.1 Å². The molecule has 0 spiro atoms. The monoisotopic (exact) mass is 235 g/mol. The van der Waals surface area contributed by atoms with Crippen LogP contribution in [0.15, 0.2) is 24.3 Å². The number of nitrogens with one attached hydrogen (secondary N) is 1. The first-order chi connectivity index (χ1) is 7.47. The lowest BCUT2D eigenvalue weighted by Crippen LogP contribution is -2.23. The fourth-order valence-electron chi connectivity index (χ4n) is 1.24. The SMILES string of the molecule is Fc1ccc(CCNCCC(F)(F)F)cc1. The van der Waals surface area contributed by atoms with Crippen molar-refractivity contribution in [2.45, 2.75) is 19.0 Å². The van der Waals surface area contributed by atoms with Gasteiger partial charge in [0.1, 0.15) is 5.82 Å². The molecular weight excluding hydrogens is 222 g/mol. The van der Waals surface area contributed by atoms with Crippen LogP contribution in [0.2, 0.25) is 0 Å². The predicted molar refractivity (Wildman–Crippen MR) is 53.6 cm³/mol. The Morgan fingerprint density at radius 3 is 2.19 bits per heavy atom. The zero-order chi connectivity index (χ0) is 12.0. The zero-order valence-electron chi connectivity index (χ0n) is 8.65. The lowest BCUT2D eigenvalue weighted by atomic mass is 10.1. The van der Waals surface area contributed by atoms with Gasteiger partial charge in [-0.15, -0.1) is 0 Å². The van der Waals surface area contributed by atoms with Gasteiger partial charge in [0.25, 0.3) is 0 Å². The molecule has 1 nitrogen and oxygen atoms in total. The van der Waals surface area contributed by atoms with Gasteiger partial charge in [0, 0.05) is 6.54 Å². The van der Waals surface area contributed by atoms with Gasteiger partial charge in [-0.05, 0) is 30.7 Å². The average molecular weight is 235 g/mol. The molecule has 0 aliphatic rings. The topological polar surface area (TPSA) is 12.0 Å². The fraction of sp³-hybridized carbons (Fsp3) is 0.455. The Morgan fingerprint density at radius 1 is 1.00 bits per heavy atom. The molecule has 0 aliphatic heterocycles. The molecule has 90 valence electrons. The highest BCUT2D eigenvalue weighted by Crippen LogP contribution is 2.18. The molecule has 0 aliphatic carbocycles. The Morgan fingerprint density at radius 2 is 1.62 bits per heavy atom. The summed E-state index contributed by atoms with van der Waals surface area (Å²) in [4.78, 5) is 0. The third-order valence-electron chi connectivity index (χ3n) is 2.09. The molecular formula is C11H13F4N. The van der Waals surface area contributed by atoms with Crippen molar-refractivity contribution in [3.63, 3.8) is 0 Å². The van der Waals surface area contributed by atoms with E-state index in [0.29, 0.717) is 13.0 Å². The summed E-state index contributed by atoms with van der Waals surface area (Å²) >= 11 is 0. The van der Waals surface area contributed by atoms with Crippen LogP contribution in [0.4, 0.5) is 17.6 Å². The van der Waals surface area contributed by atoms with E-state index in [-0.39, 0.29) is 12.4 Å². The Hall–Kier alpha value is -1.10. The van der Waals surface area contributed by atoms with Gasteiger partial charge in [0.2, 0.25) is 0 Å². The van der Waals surface area contributed by atoms with E-state index in [1.165, 1.54) is 12.1 Å². The van der Waals surface area contributed by atoms with Crippen LogP contribution in [0.1, 0.15) is 12.0 Å². The molecule has 0 saturated heterocycles. The largest absolute Gasteiger partial charge is 0.390 e. The molecule has 0 amide bonds. The quantitative estimate of drug-likeness (QED) is 0.611. The van der Waals surface area contributed by atoms with Crippen LogP contribution in [0.3, 0.4) is 0 Å². The van der Waals surface area contributed by atoms with Crippen LogP contribution >= 0.6 is 0 Å². The van der Waals surface area contributed by atoms with Gasteiger partial charge in [-0.25, -0.2) is 4.39 Å². The van der Waals surface area contributed by atoms with Gasteiger partial charge in [-0.1, -0.05) is 12.1 Å². The summed E-state index contributed by atoms with van der Waals surface area (Å²) in [6.07, 6.45) is -4.34. The van der Waals surface area contributed by atoms with E-state index in [4.69, 9.17) is 0 Å². The third kappa shape index (κ3) is 5.70. The minimum absolute atomic E-state index is 0.0787. The van der Waals surface area contributed by atoms with Crippen molar-refractivity contribution in [3.05, 3.63) is 35.6 Å². The molecule has 1 N–H and O–H groups in total. The second-order valence-corrected chi connectivity index (χ2v) is 3.49. The van der Waals surface area contributed by atoms with E-state index in [9.17, 15) is 17.6 Å². The van der Waals surface area contributed by atoms with Crippen molar-refractivity contribution < 1.29 is 17.6 Å². The molecule has 0 aromatic heterocycles. The number of alkyl halides is 3. The number of hydrogen-bond acceptors (Lipinski definition) is 1. The maximum absolute atomic E-state index is 12.5. The van der Waals surface area contributed by atoms with Gasteiger partial charge in [-0.3, -0.25) is 0 Å². The minimum Gasteiger partial charge on any atom is -0.316 e. The van der Waals surface area contributed by atoms with Gasteiger partial charge >= 0.3 is 6.18 Å². The summed E-state index contributed by atoms with van der Waals surface area (Å²) in [6.45, 7) is 0.381. The van der Waals surface area contributed by atoms with E-state index in [1.807, 2.05) is 0 Å². The summed E-state index contributed by atoms with van der Waals surface area (Å²) in [6, 6.07) is 5.93. The van der Waals surface area contributed by atoms with Crippen LogP contribution in [-0.2, 0) is 6.42 Å². The van der Waals surface area contributed by atoms with Gasteiger partial charge < -0.3 is 5.32 Å². The molecule has 0 unspecified atom stereocenters. The maximum Gasteiger partial charge on any atom is 0.390 e. The van der Waals surface area contributed by atoms with Gasteiger partial charge in [-0.2, -0.15) is 13.2 Å². The summed E-state index contributed by atoms with van der Waals surface area (Å²) in [5.74, 6) is -0.311. The van der Waals surface area contributed by atoms with E-state index in [0.717, 1.165) is 5.56 Å². The van der Waals surface area contributed by atoms with Gasteiger partial charge in [0.15, 0.2) is 0 Å².